The van der Waals surface area contributed by atoms with E-state index >= 15 is 0 Å². The molecule has 1 aromatic rings. The van der Waals surface area contributed by atoms with Crippen LogP contribution in [0.15, 0.2) is 24.3 Å². The fraction of sp³-hybridized carbons (Fsp3) is 0.625. The Kier molecular flexibility index (Phi) is 6.32. The van der Waals surface area contributed by atoms with E-state index in [4.69, 9.17) is 10.5 Å². The van der Waals surface area contributed by atoms with Gasteiger partial charge >= 0.3 is 0 Å². The van der Waals surface area contributed by atoms with Gasteiger partial charge in [0.15, 0.2) is 0 Å². The molecule has 0 saturated carbocycles. The Morgan fingerprint density at radius 2 is 2.11 bits per heavy atom. The van der Waals surface area contributed by atoms with Gasteiger partial charge in [-0.3, -0.25) is 0 Å². The monoisotopic (exact) mass is 264 g/mol. The zero-order valence-electron chi connectivity index (χ0n) is 12.7. The highest BCUT2D eigenvalue weighted by Gasteiger charge is 2.20. The summed E-state index contributed by atoms with van der Waals surface area (Å²) in [6.07, 6.45) is 1.08. The molecule has 108 valence electrons. The lowest BCUT2D eigenvalue weighted by molar-refractivity contribution is 0.405. The van der Waals surface area contributed by atoms with E-state index in [2.05, 4.69) is 38.2 Å². The lowest BCUT2D eigenvalue weighted by Crippen LogP contribution is -2.35. The van der Waals surface area contributed by atoms with Crippen LogP contribution in [0.5, 0.6) is 5.75 Å². The first-order valence-corrected chi connectivity index (χ1v) is 7.05. The molecule has 3 nitrogen and oxygen atoms in total. The highest BCUT2D eigenvalue weighted by molar-refractivity contribution is 5.33. The number of rotatable bonds is 8. The second kappa shape index (κ2) is 7.51. The summed E-state index contributed by atoms with van der Waals surface area (Å²) in [6.45, 7) is 9.48. The van der Waals surface area contributed by atoms with Gasteiger partial charge in [-0.2, -0.15) is 0 Å². The lowest BCUT2D eigenvalue weighted by Gasteiger charge is -2.27. The average molecular weight is 264 g/mol. The van der Waals surface area contributed by atoms with Gasteiger partial charge in [0.1, 0.15) is 5.75 Å². The van der Waals surface area contributed by atoms with Crippen molar-refractivity contribution in [2.45, 2.75) is 32.6 Å². The minimum Gasteiger partial charge on any atom is -0.497 e. The fourth-order valence-electron chi connectivity index (χ4n) is 2.16. The quantitative estimate of drug-likeness (QED) is 0.758. The van der Waals surface area contributed by atoms with Crippen molar-refractivity contribution in [3.05, 3.63) is 29.8 Å². The number of methoxy groups -OCH3 is 1. The predicted octanol–water partition coefficient (Wildman–Crippen LogP) is 2.55. The summed E-state index contributed by atoms with van der Waals surface area (Å²) in [7, 11) is 1.71. The van der Waals surface area contributed by atoms with Gasteiger partial charge in [0.05, 0.1) is 7.11 Å². The van der Waals surface area contributed by atoms with Crippen molar-refractivity contribution in [1.82, 2.24) is 5.32 Å². The number of nitrogens with one attached hydrogen (secondary N) is 1. The Morgan fingerprint density at radius 1 is 1.37 bits per heavy atom. The Bertz CT molecular complexity index is 377. The van der Waals surface area contributed by atoms with Crippen molar-refractivity contribution in [1.29, 1.82) is 0 Å². The number of ether oxygens (including phenoxy) is 1. The minimum absolute atomic E-state index is 0.0942. The second-order valence-corrected chi connectivity index (χ2v) is 5.93. The molecule has 0 saturated heterocycles. The molecule has 3 N–H and O–H groups in total. The van der Waals surface area contributed by atoms with Crippen LogP contribution in [-0.4, -0.2) is 26.7 Å². The van der Waals surface area contributed by atoms with Crippen molar-refractivity contribution < 1.29 is 4.74 Å². The highest BCUT2D eigenvalue weighted by Crippen LogP contribution is 2.25. The topological polar surface area (TPSA) is 47.3 Å². The van der Waals surface area contributed by atoms with Gasteiger partial charge in [-0.05, 0) is 43.1 Å². The normalized spacial score (nSPS) is 13.3. The third kappa shape index (κ3) is 5.21. The molecule has 0 aromatic heterocycles. The van der Waals surface area contributed by atoms with E-state index in [0.717, 1.165) is 31.8 Å². The SMILES string of the molecule is COc1cccc(C(C)(C)CNCC(C)CCN)c1. The van der Waals surface area contributed by atoms with E-state index in [0.29, 0.717) is 5.92 Å². The van der Waals surface area contributed by atoms with Gasteiger partial charge in [-0.1, -0.05) is 32.9 Å². The molecule has 0 aliphatic carbocycles. The van der Waals surface area contributed by atoms with Crippen LogP contribution in [-0.2, 0) is 5.41 Å². The van der Waals surface area contributed by atoms with Gasteiger partial charge < -0.3 is 15.8 Å². The average Bonchev–Trinajstić information content (AvgIpc) is 2.39. The molecule has 19 heavy (non-hydrogen) atoms. The van der Waals surface area contributed by atoms with E-state index in [9.17, 15) is 0 Å². The van der Waals surface area contributed by atoms with Gasteiger partial charge in [0, 0.05) is 12.0 Å². The van der Waals surface area contributed by atoms with Crippen molar-refractivity contribution in [3.63, 3.8) is 0 Å². The smallest absolute Gasteiger partial charge is 0.119 e. The summed E-state index contributed by atoms with van der Waals surface area (Å²) < 4.78 is 5.29. The highest BCUT2D eigenvalue weighted by atomic mass is 16.5. The molecule has 0 aliphatic rings. The third-order valence-electron chi connectivity index (χ3n) is 3.57. The van der Waals surface area contributed by atoms with Crippen LogP contribution < -0.4 is 15.8 Å². The van der Waals surface area contributed by atoms with Gasteiger partial charge in [-0.25, -0.2) is 0 Å². The van der Waals surface area contributed by atoms with Crippen molar-refractivity contribution in [2.24, 2.45) is 11.7 Å². The molecule has 0 fully saturated rings. The van der Waals surface area contributed by atoms with Crippen LogP contribution in [0, 0.1) is 5.92 Å². The van der Waals surface area contributed by atoms with Crippen LogP contribution in [0.25, 0.3) is 0 Å². The Morgan fingerprint density at radius 3 is 2.74 bits per heavy atom. The molecule has 1 aromatic carbocycles. The first-order valence-electron chi connectivity index (χ1n) is 7.05. The molecular weight excluding hydrogens is 236 g/mol. The number of benzene rings is 1. The van der Waals surface area contributed by atoms with Crippen molar-refractivity contribution in [2.75, 3.05) is 26.7 Å². The largest absolute Gasteiger partial charge is 0.497 e. The maximum absolute atomic E-state index is 5.57. The van der Waals surface area contributed by atoms with Crippen molar-refractivity contribution >= 4 is 0 Å². The third-order valence-corrected chi connectivity index (χ3v) is 3.57. The van der Waals surface area contributed by atoms with E-state index in [1.54, 1.807) is 7.11 Å². The molecule has 1 atom stereocenters. The molecule has 1 unspecified atom stereocenters. The lowest BCUT2D eigenvalue weighted by atomic mass is 9.84. The molecule has 0 spiro atoms. The molecule has 0 amide bonds. The van der Waals surface area contributed by atoms with Gasteiger partial charge in [-0.15, -0.1) is 0 Å². The Labute approximate surface area is 117 Å². The van der Waals surface area contributed by atoms with E-state index < -0.39 is 0 Å². The molecule has 0 bridgehead atoms. The Hall–Kier alpha value is -1.06. The standard InChI is InChI=1S/C16H28N2O/c1-13(8-9-17)11-18-12-16(2,3)14-6-5-7-15(10-14)19-4/h5-7,10,13,18H,8-9,11-12,17H2,1-4H3. The maximum atomic E-state index is 5.57. The molecule has 0 aliphatic heterocycles. The summed E-state index contributed by atoms with van der Waals surface area (Å²) in [5.41, 5.74) is 6.96. The number of hydrogen-bond acceptors (Lipinski definition) is 3. The second-order valence-electron chi connectivity index (χ2n) is 5.93. The van der Waals surface area contributed by atoms with Crippen LogP contribution >= 0.6 is 0 Å². The number of hydrogen-bond donors (Lipinski definition) is 2. The zero-order valence-corrected chi connectivity index (χ0v) is 12.7. The molecule has 3 heteroatoms. The summed E-state index contributed by atoms with van der Waals surface area (Å²) in [6, 6.07) is 8.31. The van der Waals surface area contributed by atoms with Gasteiger partial charge in [0.2, 0.25) is 0 Å². The summed E-state index contributed by atoms with van der Waals surface area (Å²) >= 11 is 0. The fourth-order valence-corrected chi connectivity index (χ4v) is 2.16. The zero-order chi connectivity index (χ0) is 14.3. The Balaban J connectivity index is 2.54. The molecular formula is C16H28N2O. The predicted molar refractivity (Wildman–Crippen MR) is 81.7 cm³/mol. The number of nitrogens with two attached hydrogens (primary N) is 1. The van der Waals surface area contributed by atoms with Gasteiger partial charge in [0.25, 0.3) is 0 Å². The first kappa shape index (κ1) is 16.0. The van der Waals surface area contributed by atoms with Crippen LogP contribution in [0.3, 0.4) is 0 Å². The van der Waals surface area contributed by atoms with Crippen LogP contribution in [0.2, 0.25) is 0 Å². The molecule has 0 radical (unpaired) electrons. The molecule has 0 heterocycles. The van der Waals surface area contributed by atoms with Crippen molar-refractivity contribution in [3.8, 4) is 5.75 Å². The van der Waals surface area contributed by atoms with Crippen LogP contribution in [0.1, 0.15) is 32.8 Å². The van der Waals surface area contributed by atoms with E-state index in [1.165, 1.54) is 5.56 Å². The minimum atomic E-state index is 0.0942. The van der Waals surface area contributed by atoms with Crippen LogP contribution in [0.4, 0.5) is 0 Å². The molecule has 1 rings (SSSR count). The summed E-state index contributed by atoms with van der Waals surface area (Å²) in [5.74, 6) is 1.55. The first-order chi connectivity index (χ1) is 8.99. The van der Waals surface area contributed by atoms with E-state index in [-0.39, 0.29) is 5.41 Å². The summed E-state index contributed by atoms with van der Waals surface area (Å²) in [4.78, 5) is 0. The summed E-state index contributed by atoms with van der Waals surface area (Å²) in [5, 5.41) is 3.55. The van der Waals surface area contributed by atoms with E-state index in [1.807, 2.05) is 12.1 Å². The maximum Gasteiger partial charge on any atom is 0.119 e.